The normalized spacial score (nSPS) is 14.0. The summed E-state index contributed by atoms with van der Waals surface area (Å²) in [5.41, 5.74) is 1.05. The molecule has 1 N–H and O–H groups in total. The second-order valence-corrected chi connectivity index (χ2v) is 4.57. The van der Waals surface area contributed by atoms with Gasteiger partial charge in [-0.15, -0.1) is 0 Å². The first-order chi connectivity index (χ1) is 9.02. The number of nitrogens with zero attached hydrogens (tertiary/aromatic N) is 2. The van der Waals surface area contributed by atoms with Crippen molar-refractivity contribution in [3.05, 3.63) is 23.4 Å². The summed E-state index contributed by atoms with van der Waals surface area (Å²) in [6.07, 6.45) is 1.70. The summed E-state index contributed by atoms with van der Waals surface area (Å²) in [6, 6.07) is 3.36. The van der Waals surface area contributed by atoms with Crippen molar-refractivity contribution in [1.82, 2.24) is 9.88 Å². The highest BCUT2D eigenvalue weighted by molar-refractivity contribution is 5.98. The lowest BCUT2D eigenvalue weighted by Crippen LogP contribution is -2.37. The molecule has 0 spiro atoms. The number of methoxy groups -OCH3 is 1. The van der Waals surface area contributed by atoms with E-state index in [-0.39, 0.29) is 24.4 Å². The van der Waals surface area contributed by atoms with E-state index >= 15 is 0 Å². The Labute approximate surface area is 111 Å². The molecule has 1 heterocycles. The molecule has 0 aliphatic heterocycles. The lowest BCUT2D eigenvalue weighted by molar-refractivity contribution is -0.137. The van der Waals surface area contributed by atoms with E-state index in [0.29, 0.717) is 5.56 Å². The van der Waals surface area contributed by atoms with Crippen molar-refractivity contribution in [3.63, 3.8) is 0 Å². The molecule has 0 atom stereocenters. The largest absolute Gasteiger partial charge is 0.480 e. The Morgan fingerprint density at radius 3 is 2.68 bits per heavy atom. The van der Waals surface area contributed by atoms with Crippen molar-refractivity contribution in [2.45, 2.75) is 25.8 Å². The van der Waals surface area contributed by atoms with Gasteiger partial charge >= 0.3 is 5.97 Å². The fourth-order valence-electron chi connectivity index (χ4n) is 1.90. The van der Waals surface area contributed by atoms with Crippen LogP contribution >= 0.6 is 0 Å². The smallest absolute Gasteiger partial charge is 0.323 e. The number of hydrogen-bond acceptors (Lipinski definition) is 4. The number of aromatic nitrogens is 1. The maximum absolute atomic E-state index is 12.4. The molecule has 1 aliphatic rings. The zero-order valence-corrected chi connectivity index (χ0v) is 10.9. The summed E-state index contributed by atoms with van der Waals surface area (Å²) in [4.78, 5) is 28.8. The molecule has 1 saturated carbocycles. The van der Waals surface area contributed by atoms with Crippen LogP contribution in [-0.4, -0.2) is 46.6 Å². The first-order valence-electron chi connectivity index (χ1n) is 6.07. The van der Waals surface area contributed by atoms with Crippen molar-refractivity contribution >= 4 is 11.9 Å². The maximum Gasteiger partial charge on any atom is 0.323 e. The number of carbonyl (C=O) groups is 2. The lowest BCUT2D eigenvalue weighted by atomic mass is 10.2. The minimum Gasteiger partial charge on any atom is -0.480 e. The van der Waals surface area contributed by atoms with Gasteiger partial charge in [-0.1, -0.05) is 0 Å². The molecule has 0 bridgehead atoms. The van der Waals surface area contributed by atoms with Gasteiger partial charge < -0.3 is 14.7 Å². The van der Waals surface area contributed by atoms with Crippen LogP contribution < -0.4 is 4.74 Å². The fraction of sp³-hybridized carbons (Fsp3) is 0.462. The van der Waals surface area contributed by atoms with E-state index in [4.69, 9.17) is 9.84 Å². The van der Waals surface area contributed by atoms with E-state index in [0.717, 1.165) is 18.5 Å². The zero-order chi connectivity index (χ0) is 14.0. The number of ether oxygens (including phenoxy) is 1. The Hall–Kier alpha value is -2.11. The van der Waals surface area contributed by atoms with Crippen LogP contribution in [0.25, 0.3) is 0 Å². The number of carboxylic acid groups (broad SMARTS) is 1. The number of rotatable bonds is 5. The lowest BCUT2D eigenvalue weighted by Gasteiger charge is -2.21. The molecule has 0 radical (unpaired) electrons. The standard InChI is InChI=1S/C13H16N2O4/c1-8-3-6-10(12(14-8)19-2)13(18)15(7-11(16)17)9-4-5-9/h3,6,9H,4-5,7H2,1-2H3,(H,16,17). The summed E-state index contributed by atoms with van der Waals surface area (Å²) < 4.78 is 5.10. The maximum atomic E-state index is 12.4. The summed E-state index contributed by atoms with van der Waals surface area (Å²) in [5.74, 6) is -1.12. The van der Waals surface area contributed by atoms with Gasteiger partial charge in [0.2, 0.25) is 5.88 Å². The number of carbonyl (C=O) groups excluding carboxylic acids is 1. The number of amides is 1. The third-order valence-corrected chi connectivity index (χ3v) is 2.98. The predicted octanol–water partition coefficient (Wildman–Crippen LogP) is 1.09. The second kappa shape index (κ2) is 5.26. The van der Waals surface area contributed by atoms with Crippen LogP contribution in [0.3, 0.4) is 0 Å². The van der Waals surface area contributed by atoms with Gasteiger partial charge in [0.05, 0.1) is 7.11 Å². The molecule has 0 saturated heterocycles. The Morgan fingerprint density at radius 2 is 2.16 bits per heavy atom. The zero-order valence-electron chi connectivity index (χ0n) is 10.9. The minimum atomic E-state index is -1.01. The molecule has 0 aromatic carbocycles. The van der Waals surface area contributed by atoms with Crippen LogP contribution in [-0.2, 0) is 4.79 Å². The number of carboxylic acids is 1. The minimum absolute atomic E-state index is 0.0228. The highest BCUT2D eigenvalue weighted by atomic mass is 16.5. The van der Waals surface area contributed by atoms with Crippen LogP contribution in [0.2, 0.25) is 0 Å². The van der Waals surface area contributed by atoms with Crippen molar-refractivity contribution in [1.29, 1.82) is 0 Å². The molecule has 6 heteroatoms. The Morgan fingerprint density at radius 1 is 1.47 bits per heavy atom. The van der Waals surface area contributed by atoms with Crippen LogP contribution in [0, 0.1) is 6.92 Å². The van der Waals surface area contributed by atoms with Gasteiger partial charge in [-0.3, -0.25) is 9.59 Å². The molecule has 1 fully saturated rings. The first-order valence-corrected chi connectivity index (χ1v) is 6.07. The monoisotopic (exact) mass is 264 g/mol. The topological polar surface area (TPSA) is 79.7 Å². The molecule has 1 aliphatic carbocycles. The van der Waals surface area contributed by atoms with E-state index in [1.54, 1.807) is 19.1 Å². The highest BCUT2D eigenvalue weighted by Crippen LogP contribution is 2.29. The van der Waals surface area contributed by atoms with E-state index in [1.807, 2.05) is 0 Å². The predicted molar refractivity (Wildman–Crippen MR) is 67.2 cm³/mol. The van der Waals surface area contributed by atoms with Gasteiger partial charge in [-0.2, -0.15) is 0 Å². The Kier molecular flexibility index (Phi) is 3.69. The second-order valence-electron chi connectivity index (χ2n) is 4.57. The highest BCUT2D eigenvalue weighted by Gasteiger charge is 2.35. The van der Waals surface area contributed by atoms with Crippen LogP contribution in [0.5, 0.6) is 5.88 Å². The van der Waals surface area contributed by atoms with E-state index < -0.39 is 5.97 Å². The van der Waals surface area contributed by atoms with Crippen molar-refractivity contribution in [3.8, 4) is 5.88 Å². The fourth-order valence-corrected chi connectivity index (χ4v) is 1.90. The van der Waals surface area contributed by atoms with E-state index in [1.165, 1.54) is 12.0 Å². The summed E-state index contributed by atoms with van der Waals surface area (Å²) >= 11 is 0. The SMILES string of the molecule is COc1nc(C)ccc1C(=O)N(CC(=O)O)C1CC1. The van der Waals surface area contributed by atoms with Gasteiger partial charge in [0.15, 0.2) is 0 Å². The van der Waals surface area contributed by atoms with E-state index in [2.05, 4.69) is 4.98 Å². The van der Waals surface area contributed by atoms with Gasteiger partial charge in [0.1, 0.15) is 12.1 Å². The molecule has 1 amide bonds. The number of aryl methyl sites for hydroxylation is 1. The molecular formula is C13H16N2O4. The number of hydrogen-bond donors (Lipinski definition) is 1. The van der Waals surface area contributed by atoms with Crippen molar-refractivity contribution in [2.24, 2.45) is 0 Å². The summed E-state index contributed by atoms with van der Waals surface area (Å²) in [5, 5.41) is 8.89. The summed E-state index contributed by atoms with van der Waals surface area (Å²) in [6.45, 7) is 1.51. The van der Waals surface area contributed by atoms with Crippen molar-refractivity contribution in [2.75, 3.05) is 13.7 Å². The molecule has 6 nitrogen and oxygen atoms in total. The van der Waals surface area contributed by atoms with E-state index in [9.17, 15) is 9.59 Å². The quantitative estimate of drug-likeness (QED) is 0.861. The first kappa shape index (κ1) is 13.3. The third kappa shape index (κ3) is 3.01. The van der Waals surface area contributed by atoms with Gasteiger partial charge in [-0.25, -0.2) is 4.98 Å². The third-order valence-electron chi connectivity index (χ3n) is 2.98. The molecule has 19 heavy (non-hydrogen) atoms. The van der Waals surface area contributed by atoms with Crippen molar-refractivity contribution < 1.29 is 19.4 Å². The average Bonchev–Trinajstić information content (AvgIpc) is 3.19. The Bertz CT molecular complexity index is 511. The molecular weight excluding hydrogens is 248 g/mol. The molecule has 102 valence electrons. The Balaban J connectivity index is 2.28. The van der Waals surface area contributed by atoms with Crippen LogP contribution in [0.1, 0.15) is 28.9 Å². The molecule has 0 unspecified atom stereocenters. The summed E-state index contributed by atoms with van der Waals surface area (Å²) in [7, 11) is 1.44. The molecule has 1 aromatic heterocycles. The van der Waals surface area contributed by atoms with Gasteiger partial charge in [-0.05, 0) is 31.9 Å². The number of pyridine rings is 1. The number of aliphatic carboxylic acids is 1. The molecule has 1 aromatic rings. The van der Waals surface area contributed by atoms with Crippen LogP contribution in [0.4, 0.5) is 0 Å². The molecule has 2 rings (SSSR count). The van der Waals surface area contributed by atoms with Gasteiger partial charge in [0, 0.05) is 11.7 Å². The van der Waals surface area contributed by atoms with Crippen LogP contribution in [0.15, 0.2) is 12.1 Å². The average molecular weight is 264 g/mol. The van der Waals surface area contributed by atoms with Gasteiger partial charge in [0.25, 0.3) is 5.91 Å².